The molecule has 35 atom stereocenters. The van der Waals surface area contributed by atoms with E-state index < -0.39 is 0 Å². The molecule has 4 saturated heterocycles. The van der Waals surface area contributed by atoms with Crippen LogP contribution in [0.15, 0.2) is 71.4 Å². The van der Waals surface area contributed by atoms with Gasteiger partial charge in [-0.3, -0.25) is 19.2 Å². The van der Waals surface area contributed by atoms with Crippen molar-refractivity contribution in [3.63, 3.8) is 0 Å². The number of aliphatic hydroxyl groups is 1. The number of esters is 4. The van der Waals surface area contributed by atoms with E-state index in [9.17, 15) is 24.3 Å². The fourth-order valence-corrected chi connectivity index (χ4v) is 37.7. The Balaban J connectivity index is 0.000000106. The lowest BCUT2D eigenvalue weighted by Crippen LogP contribution is -2.58. The second kappa shape index (κ2) is 28.4. The molecule has 0 amide bonds. The third-order valence-corrected chi connectivity index (χ3v) is 41.3. The Hall–Kier alpha value is -5.20. The number of carbonyl (C=O) groups is 4. The van der Waals surface area contributed by atoms with Gasteiger partial charge in [0, 0.05) is 106 Å². The molecule has 4 heterocycles. The van der Waals surface area contributed by atoms with E-state index in [1.54, 1.807) is 11.1 Å². The highest BCUT2D eigenvalue weighted by Gasteiger charge is 2.85. The summed E-state index contributed by atoms with van der Waals surface area (Å²) >= 11 is 0. The molecule has 17 heteroatoms. The van der Waals surface area contributed by atoms with E-state index in [0.717, 1.165) is 203 Å². The zero-order valence-corrected chi connectivity index (χ0v) is 70.3. The molecule has 0 bridgehead atoms. The molecule has 0 aromatic carbocycles. The van der Waals surface area contributed by atoms with Crippen LogP contribution in [-0.2, 0) is 38.1 Å². The summed E-state index contributed by atoms with van der Waals surface area (Å²) in [6.45, 7) is 18.4. The van der Waals surface area contributed by atoms with Gasteiger partial charge in [0.15, 0.2) is 0 Å². The van der Waals surface area contributed by atoms with Crippen molar-refractivity contribution in [2.45, 2.75) is 294 Å². The predicted molar refractivity (Wildman–Crippen MR) is 445 cm³/mol. The smallest absolute Gasteiger partial charge is 0.306 e. The Labute approximate surface area is 689 Å². The van der Waals surface area contributed by atoms with Gasteiger partial charge in [0.05, 0.1) is 0 Å². The van der Waals surface area contributed by atoms with Gasteiger partial charge < -0.3 is 67.6 Å². The highest BCUT2D eigenvalue weighted by Crippen LogP contribution is 2.85. The first-order valence-electron chi connectivity index (χ1n) is 47.1. The van der Waals surface area contributed by atoms with Gasteiger partial charge in [-0.05, 0) is 384 Å². The molecule has 17 nitrogen and oxygen atoms in total. The number of rotatable bonds is 7. The summed E-state index contributed by atoms with van der Waals surface area (Å²) in [5, 5.41) is 42.9. The maximum absolute atomic E-state index is 12.3. The number of hydrogen-bond acceptors (Lipinski definition) is 13. The van der Waals surface area contributed by atoms with Crippen molar-refractivity contribution in [3.8, 4) is 0 Å². The fourth-order valence-electron chi connectivity index (χ4n) is 37.7. The normalized spacial score (nSPS) is 51.9. The largest absolute Gasteiger partial charge is 0.458 e. The molecule has 23 unspecified atom stereocenters. The fraction of sp³-hybridized carbons (Fsp3) is 0.798. The van der Waals surface area contributed by atoms with Crippen molar-refractivity contribution >= 4 is 46.7 Å². The molecule has 0 aromatic heterocycles. The molecule has 0 radical (unpaired) electrons. The van der Waals surface area contributed by atoms with Crippen LogP contribution in [0.3, 0.4) is 0 Å². The second-order valence-electron chi connectivity index (χ2n) is 43.5. The third-order valence-electron chi connectivity index (χ3n) is 41.3. The minimum atomic E-state index is -0.168. The molecule has 25 rings (SSSR count). The van der Waals surface area contributed by atoms with E-state index in [4.69, 9.17) is 40.6 Å². The Kier molecular flexibility index (Phi) is 20.0. The molecular formula is C99H140N4O13. The van der Waals surface area contributed by atoms with Crippen molar-refractivity contribution in [1.29, 1.82) is 21.6 Å². The lowest BCUT2D eigenvalue weighted by atomic mass is 9.45. The highest BCUT2D eigenvalue weighted by molar-refractivity contribution is 5.96. The Morgan fingerprint density at radius 2 is 0.776 bits per heavy atom. The van der Waals surface area contributed by atoms with Crippen LogP contribution in [0.4, 0.5) is 0 Å². The first-order chi connectivity index (χ1) is 54.2. The third kappa shape index (κ3) is 10.8. The topological polar surface area (TPSA) is 347 Å². The van der Waals surface area contributed by atoms with Gasteiger partial charge in [0.1, 0.15) is 22.4 Å². The van der Waals surface area contributed by atoms with Gasteiger partial charge in [-0.1, -0.05) is 62.6 Å². The van der Waals surface area contributed by atoms with Gasteiger partial charge >= 0.3 is 23.9 Å². The van der Waals surface area contributed by atoms with E-state index in [-0.39, 0.29) is 102 Å². The predicted octanol–water partition coefficient (Wildman–Crippen LogP) is 16.7. The first-order valence-corrected chi connectivity index (χ1v) is 47.1. The second-order valence-corrected chi connectivity index (χ2v) is 43.5. The van der Waals surface area contributed by atoms with Crippen LogP contribution in [0.1, 0.15) is 272 Å². The number of nitrogens with one attached hydrogen (secondary N) is 4. The van der Waals surface area contributed by atoms with Crippen LogP contribution in [-0.4, -0.2) is 103 Å². The van der Waals surface area contributed by atoms with E-state index in [2.05, 4.69) is 71.2 Å². The number of ether oxygens (including phenoxy) is 4. The van der Waals surface area contributed by atoms with Crippen molar-refractivity contribution in [1.82, 2.24) is 0 Å². The standard InChI is InChI=1S/C26H35NO2.C25H33NO2.C24H33NO3.C24H31NO2.4H2O/c1-2-25-9-7-18-17-6-5-16(27)11-15(17)12-19(14-3-4-14)23(18)24(25)20-13-21(20)26(25)10-8-22(28)29-26;1-3-14-11-15-12-16(26)5-6-17(15)18-7-9-24(4-2)23(22(14)18)19-13-20(19)25(24)10-8-21(27)28-25;1-2-23-7-5-16-15-4-3-14(25)10-17(15)13(12-26)9-18(16)22(23)19-11-20(19)24(23)8-6-21(27)28-24;1-3-23-8-6-16-15-5-4-14(25)11-17(15)13(2)10-18(16)22(23)19-12-20(19)24(23)9-7-21(26)27-24;;;;/h11,14,17-21,23-24,27H,2-10,12-13H2,1H3;3,12,14,17-20,22-23,26H,1,4-11,13H2,2H3;10,13,15-16,18-20,22,25-26H,2-9,11-12H2,1H3;11,15-16,18-20,22,25H,2-10,12H2,1H3;4*1H2/t17-,18?,19?,20?,21?,23?,24?,25-,26-;14?,17-,18?,19?,20?,22?,23?,24-,25-;13?,15-,16?,18?,19?,20?,22?,23+,24+;15-,16?,18?,19?,20?,22?,23+,24+;;;;/m0011..../s1. The average molecular weight is 1590 g/mol. The van der Waals surface area contributed by atoms with Gasteiger partial charge in [0.25, 0.3) is 0 Å². The van der Waals surface area contributed by atoms with Crippen LogP contribution in [0.25, 0.3) is 0 Å². The van der Waals surface area contributed by atoms with Gasteiger partial charge in [0.2, 0.25) is 0 Å². The molecule has 116 heavy (non-hydrogen) atoms. The van der Waals surface area contributed by atoms with E-state index in [0.29, 0.717) is 109 Å². The van der Waals surface area contributed by atoms with Crippen LogP contribution >= 0.6 is 0 Å². The molecule has 21 aliphatic carbocycles. The number of fused-ring (bicyclic) bond motifs is 36. The minimum Gasteiger partial charge on any atom is -0.458 e. The Morgan fingerprint density at radius 1 is 0.397 bits per heavy atom. The van der Waals surface area contributed by atoms with Crippen molar-refractivity contribution in [3.05, 3.63) is 71.4 Å². The average Bonchev–Trinajstić information content (AvgIpc) is 1.51. The van der Waals surface area contributed by atoms with Crippen molar-refractivity contribution in [2.75, 3.05) is 6.61 Å². The molecular weight excluding hydrogens is 1450 g/mol. The number of hydrogen-bond donors (Lipinski definition) is 5. The Morgan fingerprint density at radius 3 is 1.21 bits per heavy atom. The number of carbonyl (C=O) groups excluding carboxylic acids is 4. The zero-order valence-electron chi connectivity index (χ0n) is 70.3. The van der Waals surface area contributed by atoms with E-state index in [1.165, 1.54) is 132 Å². The summed E-state index contributed by atoms with van der Waals surface area (Å²) in [6.07, 6.45) is 53.2. The molecule has 17 saturated carbocycles. The Bertz CT molecular complexity index is 4260. The lowest BCUT2D eigenvalue weighted by Gasteiger charge is -2.60. The molecule has 4 aliphatic heterocycles. The molecule has 0 aromatic rings. The first kappa shape index (κ1) is 81.8. The summed E-state index contributed by atoms with van der Waals surface area (Å²) in [7, 11) is 0. The summed E-state index contributed by atoms with van der Waals surface area (Å²) in [6, 6.07) is 0. The van der Waals surface area contributed by atoms with Gasteiger partial charge in [-0.15, -0.1) is 6.58 Å². The van der Waals surface area contributed by atoms with Crippen LogP contribution in [0.2, 0.25) is 0 Å². The monoisotopic (exact) mass is 1590 g/mol. The van der Waals surface area contributed by atoms with Gasteiger partial charge in [-0.2, -0.15) is 0 Å². The van der Waals surface area contributed by atoms with Gasteiger partial charge in [-0.25, -0.2) is 0 Å². The number of allylic oxidation sites excluding steroid dienone is 9. The molecule has 21 fully saturated rings. The summed E-state index contributed by atoms with van der Waals surface area (Å²) in [4.78, 5) is 49.0. The van der Waals surface area contributed by atoms with Crippen molar-refractivity contribution in [2.24, 2.45) is 187 Å². The van der Waals surface area contributed by atoms with Crippen LogP contribution in [0, 0.1) is 209 Å². The highest BCUT2D eigenvalue weighted by atomic mass is 16.6. The maximum atomic E-state index is 12.3. The molecule has 634 valence electrons. The summed E-state index contributed by atoms with van der Waals surface area (Å²) in [5.41, 5.74) is 10.9. The SMILES string of the molecule is C=C1CC2C(CC[C@@]3(CC)C2C2CC2[C@@]32CCC(=O)O2)[C@H]2CCC(=N)C=C12.C=CC1CC2=CC(=N)CC[C@@H]2C2CC[C@@]3(CC)C(C4CC4[C@@]34CCC(=O)O4)C12.CC[C@]12CCC3C(C(C4CC4)CC4=CC(=N)CC[C@@H]43)C1C1CC1[C@@]21CCC(=O)O1.CC[C@]12CCC3C(CC(CO)C4=CC(=N)CC[C@@H]43)C1C1CC1[C@@]21CCC(=O)O1.O.O.O.O. The summed E-state index contributed by atoms with van der Waals surface area (Å²) < 4.78 is 25.2. The van der Waals surface area contributed by atoms with Crippen molar-refractivity contribution < 1.29 is 65.1 Å². The van der Waals surface area contributed by atoms with Crippen LogP contribution < -0.4 is 0 Å². The molecule has 13 N–H and O–H groups in total. The van der Waals surface area contributed by atoms with E-state index in [1.807, 2.05) is 0 Å². The summed E-state index contributed by atoms with van der Waals surface area (Å²) in [5.74, 6) is 20.0. The minimum absolute atomic E-state index is 0. The molecule has 4 spiro atoms. The quantitative estimate of drug-likeness (QED) is 0.0917. The lowest BCUT2D eigenvalue weighted by molar-refractivity contribution is -0.183. The molecule has 25 aliphatic rings. The van der Waals surface area contributed by atoms with Crippen LogP contribution in [0.5, 0.6) is 0 Å². The number of aliphatic hydroxyl groups excluding tert-OH is 1. The van der Waals surface area contributed by atoms with E-state index >= 15 is 0 Å². The zero-order chi connectivity index (χ0) is 76.6. The maximum Gasteiger partial charge on any atom is 0.306 e.